The van der Waals surface area contributed by atoms with Gasteiger partial charge in [0.1, 0.15) is 24.0 Å². The van der Waals surface area contributed by atoms with Gasteiger partial charge in [0.15, 0.2) is 0 Å². The molecule has 1 amide bonds. The number of ether oxygens (including phenoxy) is 1. The van der Waals surface area contributed by atoms with E-state index in [1.54, 1.807) is 42.3 Å². The van der Waals surface area contributed by atoms with Crippen LogP contribution in [-0.2, 0) is 0 Å². The lowest BCUT2D eigenvalue weighted by Crippen LogP contribution is -2.38. The molecule has 1 aliphatic heterocycles. The van der Waals surface area contributed by atoms with Crippen molar-refractivity contribution in [1.82, 2.24) is 15.2 Å². The number of hydrogen-bond acceptors (Lipinski definition) is 6. The predicted octanol–water partition coefficient (Wildman–Crippen LogP) is 4.91. The molecule has 1 fully saturated rings. The van der Waals surface area contributed by atoms with Crippen LogP contribution in [0.3, 0.4) is 0 Å². The Morgan fingerprint density at radius 2 is 1.93 bits per heavy atom. The third-order valence-electron chi connectivity index (χ3n) is 6.99. The molecule has 1 saturated heterocycles. The summed E-state index contributed by atoms with van der Waals surface area (Å²) in [6, 6.07) is 15.6. The van der Waals surface area contributed by atoms with Gasteiger partial charge in [0.05, 0.1) is 29.3 Å². The molecule has 1 aliphatic rings. The molecule has 204 valence electrons. The van der Waals surface area contributed by atoms with Crippen molar-refractivity contribution in [2.45, 2.75) is 18.9 Å². The van der Waals surface area contributed by atoms with Crippen molar-refractivity contribution in [2.24, 2.45) is 0 Å². The smallest absolute Gasteiger partial charge is 0.255 e. The highest BCUT2D eigenvalue weighted by Gasteiger charge is 2.25. The molecule has 40 heavy (non-hydrogen) atoms. The number of carbonyl (C=O) groups is 1. The lowest BCUT2D eigenvalue weighted by Gasteiger charge is -2.24. The van der Waals surface area contributed by atoms with Crippen LogP contribution in [0, 0.1) is 23.0 Å². The van der Waals surface area contributed by atoms with Crippen molar-refractivity contribution in [3.05, 3.63) is 83.6 Å². The summed E-state index contributed by atoms with van der Waals surface area (Å²) >= 11 is 0. The Morgan fingerprint density at radius 3 is 2.67 bits per heavy atom. The van der Waals surface area contributed by atoms with E-state index in [1.807, 2.05) is 6.07 Å². The van der Waals surface area contributed by atoms with Gasteiger partial charge in [-0.1, -0.05) is 6.07 Å². The van der Waals surface area contributed by atoms with Crippen LogP contribution >= 0.6 is 0 Å². The summed E-state index contributed by atoms with van der Waals surface area (Å²) in [5, 5.41) is 22.4. The number of likely N-dealkylation sites (N-methyl/N-ethyl adjacent to an activating group) is 1. The summed E-state index contributed by atoms with van der Waals surface area (Å²) in [7, 11) is 1.73. The van der Waals surface area contributed by atoms with E-state index < -0.39 is 11.6 Å². The van der Waals surface area contributed by atoms with Crippen LogP contribution in [0.1, 0.15) is 28.8 Å². The second-order valence-electron chi connectivity index (χ2n) is 9.85. The standard InChI is InChI=1S/C31H28F2N4O3/c1-37(18-25-3-2-6-35-25)31(39)30-27-14-20(21-9-19(16-34)10-23(32)11-21)4-5-29(27)36-17-28(30)22-12-24(33)15-26(13-22)40-8-7-38/h4-5,9-15,17,25,35,38H,2-3,6-8,18H2,1H3/t25-/m0/s1. The van der Waals surface area contributed by atoms with Crippen molar-refractivity contribution in [2.75, 3.05) is 33.4 Å². The number of nitrogens with one attached hydrogen (secondary N) is 1. The van der Waals surface area contributed by atoms with Crippen LogP contribution in [0.15, 0.2) is 60.8 Å². The van der Waals surface area contributed by atoms with Crippen molar-refractivity contribution in [3.8, 4) is 34.1 Å². The molecule has 4 aromatic rings. The van der Waals surface area contributed by atoms with Crippen molar-refractivity contribution in [3.63, 3.8) is 0 Å². The third kappa shape index (κ3) is 5.78. The molecule has 3 aromatic carbocycles. The number of aromatic nitrogens is 1. The number of rotatable bonds is 8. The monoisotopic (exact) mass is 542 g/mol. The van der Waals surface area contributed by atoms with Crippen LogP contribution in [0.2, 0.25) is 0 Å². The molecule has 0 saturated carbocycles. The van der Waals surface area contributed by atoms with E-state index >= 15 is 0 Å². The lowest BCUT2D eigenvalue weighted by molar-refractivity contribution is 0.0786. The van der Waals surface area contributed by atoms with Gasteiger partial charge in [0.25, 0.3) is 5.91 Å². The molecule has 0 aliphatic carbocycles. The number of carbonyl (C=O) groups excluding carboxylic acids is 1. The molecular formula is C31H28F2N4O3. The summed E-state index contributed by atoms with van der Waals surface area (Å²) in [4.78, 5) is 20.3. The fourth-order valence-corrected chi connectivity index (χ4v) is 5.12. The molecule has 7 nitrogen and oxygen atoms in total. The van der Waals surface area contributed by atoms with E-state index in [2.05, 4.69) is 10.3 Å². The Bertz CT molecular complexity index is 1610. The number of hydrogen-bond donors (Lipinski definition) is 2. The van der Waals surface area contributed by atoms with Crippen LogP contribution in [0.4, 0.5) is 8.78 Å². The molecular weight excluding hydrogens is 514 g/mol. The van der Waals surface area contributed by atoms with Gasteiger partial charge in [-0.2, -0.15) is 5.26 Å². The molecule has 1 atom stereocenters. The first-order valence-corrected chi connectivity index (χ1v) is 13.0. The van der Waals surface area contributed by atoms with E-state index in [9.17, 15) is 18.8 Å². The first-order valence-electron chi connectivity index (χ1n) is 13.0. The largest absolute Gasteiger partial charge is 0.491 e. The van der Waals surface area contributed by atoms with Gasteiger partial charge in [-0.15, -0.1) is 0 Å². The Balaban J connectivity index is 1.69. The number of aliphatic hydroxyl groups is 1. The Hall–Kier alpha value is -4.39. The fourth-order valence-electron chi connectivity index (χ4n) is 5.12. The summed E-state index contributed by atoms with van der Waals surface area (Å²) in [6.45, 7) is 1.15. The highest BCUT2D eigenvalue weighted by atomic mass is 19.1. The molecule has 2 heterocycles. The summed E-state index contributed by atoms with van der Waals surface area (Å²) in [5.41, 5.74) is 2.92. The maximum Gasteiger partial charge on any atom is 0.255 e. The first-order chi connectivity index (χ1) is 19.4. The second kappa shape index (κ2) is 11.8. The van der Waals surface area contributed by atoms with Gasteiger partial charge >= 0.3 is 0 Å². The molecule has 0 bridgehead atoms. The average Bonchev–Trinajstić information content (AvgIpc) is 3.47. The fraction of sp³-hybridized carbons (Fsp3) is 0.258. The molecule has 2 N–H and O–H groups in total. The predicted molar refractivity (Wildman–Crippen MR) is 148 cm³/mol. The van der Waals surface area contributed by atoms with Crippen LogP contribution in [-0.4, -0.2) is 60.3 Å². The lowest BCUT2D eigenvalue weighted by atomic mass is 9.94. The first kappa shape index (κ1) is 27.2. The highest BCUT2D eigenvalue weighted by Crippen LogP contribution is 2.35. The third-order valence-corrected chi connectivity index (χ3v) is 6.99. The maximum atomic E-state index is 14.7. The minimum atomic E-state index is -0.565. The maximum absolute atomic E-state index is 14.7. The van der Waals surface area contributed by atoms with Crippen molar-refractivity contribution in [1.29, 1.82) is 5.26 Å². The van der Waals surface area contributed by atoms with Crippen molar-refractivity contribution >= 4 is 16.8 Å². The molecule has 5 rings (SSSR count). The summed E-state index contributed by atoms with van der Waals surface area (Å²) < 4.78 is 34.4. The number of halogens is 2. The normalized spacial score (nSPS) is 14.7. The number of aliphatic hydroxyl groups excluding tert-OH is 1. The van der Waals surface area contributed by atoms with Gasteiger partial charge in [-0.3, -0.25) is 9.78 Å². The Morgan fingerprint density at radius 1 is 1.12 bits per heavy atom. The number of benzene rings is 3. The Labute approximate surface area is 230 Å². The van der Waals surface area contributed by atoms with Crippen LogP contribution < -0.4 is 10.1 Å². The molecule has 1 aromatic heterocycles. The van der Waals surface area contributed by atoms with Gasteiger partial charge in [-0.05, 0) is 78.5 Å². The zero-order valence-electron chi connectivity index (χ0n) is 22.0. The minimum Gasteiger partial charge on any atom is -0.491 e. The highest BCUT2D eigenvalue weighted by molar-refractivity contribution is 6.12. The molecule has 0 radical (unpaired) electrons. The SMILES string of the molecule is CN(C[C@@H]1CCCN1)C(=O)c1c(-c2cc(F)cc(OCCO)c2)cnc2ccc(-c3cc(F)cc(C#N)c3)cc12. The number of amides is 1. The summed E-state index contributed by atoms with van der Waals surface area (Å²) in [5.74, 6) is -1.17. The van der Waals surface area contributed by atoms with Gasteiger partial charge in [-0.25, -0.2) is 8.78 Å². The number of nitrogens with zero attached hydrogens (tertiary/aromatic N) is 3. The number of fused-ring (bicyclic) bond motifs is 1. The van der Waals surface area contributed by atoms with Crippen LogP contribution in [0.25, 0.3) is 33.2 Å². The Kier molecular flexibility index (Phi) is 8.01. The van der Waals surface area contributed by atoms with E-state index in [0.29, 0.717) is 45.3 Å². The van der Waals surface area contributed by atoms with E-state index in [1.165, 1.54) is 24.4 Å². The second-order valence-corrected chi connectivity index (χ2v) is 9.85. The molecule has 0 spiro atoms. The van der Waals surface area contributed by atoms with E-state index in [-0.39, 0.29) is 36.5 Å². The van der Waals surface area contributed by atoms with E-state index in [4.69, 9.17) is 9.84 Å². The van der Waals surface area contributed by atoms with Crippen molar-refractivity contribution < 1.29 is 23.4 Å². The zero-order valence-corrected chi connectivity index (χ0v) is 22.0. The quantitative estimate of drug-likeness (QED) is 0.328. The number of pyridine rings is 1. The van der Waals surface area contributed by atoms with E-state index in [0.717, 1.165) is 25.5 Å². The molecule has 0 unspecified atom stereocenters. The molecule has 9 heteroatoms. The minimum absolute atomic E-state index is 0.0105. The van der Waals surface area contributed by atoms with Gasteiger partial charge < -0.3 is 20.1 Å². The summed E-state index contributed by atoms with van der Waals surface area (Å²) in [6.07, 6.45) is 3.54. The average molecular weight is 543 g/mol. The number of nitriles is 1. The topological polar surface area (TPSA) is 98.5 Å². The van der Waals surface area contributed by atoms with Gasteiger partial charge in [0, 0.05) is 42.8 Å². The zero-order chi connectivity index (χ0) is 28.2. The van der Waals surface area contributed by atoms with Crippen LogP contribution in [0.5, 0.6) is 5.75 Å². The van der Waals surface area contributed by atoms with Gasteiger partial charge in [0.2, 0.25) is 0 Å².